The van der Waals surface area contributed by atoms with E-state index in [1.54, 1.807) is 13.0 Å². The summed E-state index contributed by atoms with van der Waals surface area (Å²) < 4.78 is 0. The minimum Gasteiger partial charge on any atom is -0.354 e. The molecule has 1 N–H and O–H groups in total. The molecule has 1 aliphatic rings. The first-order chi connectivity index (χ1) is 8.58. The molecule has 0 radical (unpaired) electrons. The Morgan fingerprint density at radius 1 is 1.50 bits per heavy atom. The molecular weight excluding hydrogens is 234 g/mol. The Hall–Kier alpha value is -1.95. The van der Waals surface area contributed by atoms with Gasteiger partial charge in [0.15, 0.2) is 0 Å². The summed E-state index contributed by atoms with van der Waals surface area (Å²) in [7, 11) is 0. The molecule has 18 heavy (non-hydrogen) atoms. The minimum absolute atomic E-state index is 0.00401. The van der Waals surface area contributed by atoms with E-state index in [-0.39, 0.29) is 16.5 Å². The summed E-state index contributed by atoms with van der Waals surface area (Å²) in [6.07, 6.45) is 0. The predicted molar refractivity (Wildman–Crippen MR) is 66.1 cm³/mol. The second-order valence-corrected chi connectivity index (χ2v) is 4.38. The fourth-order valence-corrected chi connectivity index (χ4v) is 2.11. The molecule has 1 aliphatic heterocycles. The highest BCUT2D eigenvalue weighted by Crippen LogP contribution is 2.22. The van der Waals surface area contributed by atoms with Crippen molar-refractivity contribution < 1.29 is 9.72 Å². The van der Waals surface area contributed by atoms with Crippen LogP contribution in [0.15, 0.2) is 18.2 Å². The fourth-order valence-electron chi connectivity index (χ4n) is 2.11. The summed E-state index contributed by atoms with van der Waals surface area (Å²) in [4.78, 5) is 23.7. The van der Waals surface area contributed by atoms with E-state index >= 15 is 0 Å². The van der Waals surface area contributed by atoms with Gasteiger partial charge < -0.3 is 5.32 Å². The Morgan fingerprint density at radius 3 is 2.94 bits per heavy atom. The summed E-state index contributed by atoms with van der Waals surface area (Å²) in [6.45, 7) is 4.07. The van der Waals surface area contributed by atoms with Gasteiger partial charge in [0.05, 0.1) is 11.5 Å². The molecule has 0 spiro atoms. The molecular formula is C12H15N3O3. The normalized spacial score (nSPS) is 16.4. The van der Waals surface area contributed by atoms with E-state index in [1.165, 1.54) is 6.07 Å². The molecule has 0 unspecified atom stereocenters. The number of nitrogens with one attached hydrogen (secondary N) is 1. The summed E-state index contributed by atoms with van der Waals surface area (Å²) in [5.41, 5.74) is 1.71. The van der Waals surface area contributed by atoms with E-state index in [4.69, 9.17) is 0 Å². The molecule has 0 aromatic heterocycles. The lowest BCUT2D eigenvalue weighted by atomic mass is 10.1. The summed E-state index contributed by atoms with van der Waals surface area (Å²) in [5.74, 6) is 0.00401. The Bertz CT molecular complexity index is 487. The topological polar surface area (TPSA) is 75.5 Å². The van der Waals surface area contributed by atoms with Crippen LogP contribution in [0, 0.1) is 17.0 Å². The molecule has 0 atom stereocenters. The van der Waals surface area contributed by atoms with Crippen LogP contribution in [-0.2, 0) is 11.3 Å². The molecule has 6 heteroatoms. The average molecular weight is 249 g/mol. The number of rotatable bonds is 3. The zero-order valence-electron chi connectivity index (χ0n) is 10.2. The van der Waals surface area contributed by atoms with Gasteiger partial charge in [0.1, 0.15) is 0 Å². The number of hydrogen-bond acceptors (Lipinski definition) is 4. The van der Waals surface area contributed by atoms with Crippen molar-refractivity contribution in [2.75, 3.05) is 19.6 Å². The lowest BCUT2D eigenvalue weighted by Gasteiger charge is -2.26. The summed E-state index contributed by atoms with van der Waals surface area (Å²) in [6, 6.07) is 5.06. The number of hydrogen-bond donors (Lipinski definition) is 1. The SMILES string of the molecule is Cc1c(CN2CCNC(=O)C2)cccc1[N+](=O)[O-]. The van der Waals surface area contributed by atoms with E-state index in [1.807, 2.05) is 11.0 Å². The first-order valence-corrected chi connectivity index (χ1v) is 5.80. The van der Waals surface area contributed by atoms with E-state index in [2.05, 4.69) is 5.32 Å². The van der Waals surface area contributed by atoms with Crippen LogP contribution in [0.5, 0.6) is 0 Å². The molecule has 1 fully saturated rings. The van der Waals surface area contributed by atoms with Gasteiger partial charge in [0.25, 0.3) is 5.69 Å². The van der Waals surface area contributed by atoms with Crippen LogP contribution in [0.2, 0.25) is 0 Å². The van der Waals surface area contributed by atoms with Gasteiger partial charge in [-0.05, 0) is 12.5 Å². The molecule has 1 saturated heterocycles. The third-order valence-electron chi connectivity index (χ3n) is 3.13. The average Bonchev–Trinajstić information content (AvgIpc) is 2.31. The van der Waals surface area contributed by atoms with Gasteiger partial charge in [0, 0.05) is 31.3 Å². The zero-order chi connectivity index (χ0) is 13.1. The molecule has 1 heterocycles. The van der Waals surface area contributed by atoms with Gasteiger partial charge in [-0.3, -0.25) is 19.8 Å². The van der Waals surface area contributed by atoms with Crippen LogP contribution in [0.1, 0.15) is 11.1 Å². The first-order valence-electron chi connectivity index (χ1n) is 5.80. The van der Waals surface area contributed by atoms with Crippen molar-refractivity contribution in [2.45, 2.75) is 13.5 Å². The highest BCUT2D eigenvalue weighted by atomic mass is 16.6. The highest BCUT2D eigenvalue weighted by Gasteiger charge is 2.19. The number of benzene rings is 1. The van der Waals surface area contributed by atoms with Crippen molar-refractivity contribution >= 4 is 11.6 Å². The monoisotopic (exact) mass is 249 g/mol. The van der Waals surface area contributed by atoms with Crippen LogP contribution in [-0.4, -0.2) is 35.4 Å². The van der Waals surface area contributed by atoms with Gasteiger partial charge in [-0.25, -0.2) is 0 Å². The Balaban J connectivity index is 2.16. The largest absolute Gasteiger partial charge is 0.354 e. The standard InChI is InChI=1S/C12H15N3O3/c1-9-10(3-2-4-11(9)15(17)18)7-14-6-5-13-12(16)8-14/h2-4H,5-8H2,1H3,(H,13,16). The Labute approximate surface area is 105 Å². The molecule has 0 aliphatic carbocycles. The van der Waals surface area contributed by atoms with Gasteiger partial charge in [-0.2, -0.15) is 0 Å². The molecule has 2 rings (SSSR count). The van der Waals surface area contributed by atoms with Crippen LogP contribution < -0.4 is 5.32 Å². The Morgan fingerprint density at radius 2 is 2.28 bits per heavy atom. The van der Waals surface area contributed by atoms with Crippen molar-refractivity contribution in [1.82, 2.24) is 10.2 Å². The van der Waals surface area contributed by atoms with Crippen LogP contribution in [0.3, 0.4) is 0 Å². The molecule has 96 valence electrons. The third kappa shape index (κ3) is 2.65. The van der Waals surface area contributed by atoms with E-state index in [0.717, 1.165) is 12.1 Å². The quantitative estimate of drug-likeness (QED) is 0.636. The number of carbonyl (C=O) groups is 1. The minimum atomic E-state index is -0.373. The van der Waals surface area contributed by atoms with Crippen molar-refractivity contribution in [3.63, 3.8) is 0 Å². The summed E-state index contributed by atoms with van der Waals surface area (Å²) in [5, 5.41) is 13.6. The Kier molecular flexibility index (Phi) is 3.57. The van der Waals surface area contributed by atoms with E-state index in [0.29, 0.717) is 25.2 Å². The van der Waals surface area contributed by atoms with Crippen molar-refractivity contribution in [3.8, 4) is 0 Å². The number of nitrogens with zero attached hydrogens (tertiary/aromatic N) is 2. The molecule has 1 aromatic rings. The molecule has 0 bridgehead atoms. The van der Waals surface area contributed by atoms with Gasteiger partial charge in [-0.1, -0.05) is 12.1 Å². The highest BCUT2D eigenvalue weighted by molar-refractivity contribution is 5.78. The number of amides is 1. The van der Waals surface area contributed by atoms with Crippen LogP contribution in [0.4, 0.5) is 5.69 Å². The second kappa shape index (κ2) is 5.14. The number of nitro benzene ring substituents is 1. The van der Waals surface area contributed by atoms with Gasteiger partial charge >= 0.3 is 0 Å². The maximum atomic E-state index is 11.3. The molecule has 1 aromatic carbocycles. The maximum absolute atomic E-state index is 11.3. The van der Waals surface area contributed by atoms with E-state index < -0.39 is 0 Å². The smallest absolute Gasteiger partial charge is 0.272 e. The predicted octanol–water partition coefficient (Wildman–Crippen LogP) is 0.835. The molecule has 1 amide bonds. The zero-order valence-corrected chi connectivity index (χ0v) is 10.2. The lowest BCUT2D eigenvalue weighted by molar-refractivity contribution is -0.385. The number of carbonyl (C=O) groups excluding carboxylic acids is 1. The van der Waals surface area contributed by atoms with Crippen LogP contribution in [0.25, 0.3) is 0 Å². The maximum Gasteiger partial charge on any atom is 0.272 e. The van der Waals surface area contributed by atoms with Crippen LogP contribution >= 0.6 is 0 Å². The summed E-state index contributed by atoms with van der Waals surface area (Å²) >= 11 is 0. The van der Waals surface area contributed by atoms with Crippen molar-refractivity contribution in [2.24, 2.45) is 0 Å². The van der Waals surface area contributed by atoms with Crippen molar-refractivity contribution in [1.29, 1.82) is 0 Å². The lowest BCUT2D eigenvalue weighted by Crippen LogP contribution is -2.47. The third-order valence-corrected chi connectivity index (χ3v) is 3.13. The second-order valence-electron chi connectivity index (χ2n) is 4.38. The van der Waals surface area contributed by atoms with Crippen molar-refractivity contribution in [3.05, 3.63) is 39.4 Å². The number of nitro groups is 1. The van der Waals surface area contributed by atoms with E-state index in [9.17, 15) is 14.9 Å². The molecule has 6 nitrogen and oxygen atoms in total. The van der Waals surface area contributed by atoms with Gasteiger partial charge in [-0.15, -0.1) is 0 Å². The first kappa shape index (κ1) is 12.5. The number of piperazine rings is 1. The fraction of sp³-hybridized carbons (Fsp3) is 0.417. The van der Waals surface area contributed by atoms with Gasteiger partial charge in [0.2, 0.25) is 5.91 Å². The molecule has 0 saturated carbocycles.